The van der Waals surface area contributed by atoms with Gasteiger partial charge in [-0.2, -0.15) is 0 Å². The number of nitrogens with two attached hydrogens (primary N) is 1. The van der Waals surface area contributed by atoms with E-state index in [1.807, 2.05) is 16.8 Å². The van der Waals surface area contributed by atoms with Gasteiger partial charge in [-0.3, -0.25) is 0 Å². The Morgan fingerprint density at radius 3 is 2.94 bits per heavy atom. The van der Waals surface area contributed by atoms with Crippen LogP contribution in [0.3, 0.4) is 0 Å². The Morgan fingerprint density at radius 1 is 1.41 bits per heavy atom. The SMILES string of the molecule is COc1ccc(CCN)cc1Cn1ccnc1. The molecule has 2 rings (SSSR count). The van der Waals surface area contributed by atoms with Crippen molar-refractivity contribution in [1.29, 1.82) is 0 Å². The van der Waals surface area contributed by atoms with Crippen LogP contribution >= 0.6 is 0 Å². The van der Waals surface area contributed by atoms with Gasteiger partial charge in [0.15, 0.2) is 0 Å². The first kappa shape index (κ1) is 11.7. The summed E-state index contributed by atoms with van der Waals surface area (Å²) in [6.45, 7) is 1.43. The maximum absolute atomic E-state index is 5.57. The number of aromatic nitrogens is 2. The Hall–Kier alpha value is -1.81. The van der Waals surface area contributed by atoms with Crippen molar-refractivity contribution in [3.05, 3.63) is 48.0 Å². The summed E-state index contributed by atoms with van der Waals surface area (Å²) in [6.07, 6.45) is 6.40. The molecule has 0 aliphatic heterocycles. The number of rotatable bonds is 5. The lowest BCUT2D eigenvalue weighted by Gasteiger charge is -2.11. The highest BCUT2D eigenvalue weighted by Crippen LogP contribution is 2.21. The van der Waals surface area contributed by atoms with Crippen molar-refractivity contribution in [2.24, 2.45) is 5.73 Å². The average molecular weight is 231 g/mol. The standard InChI is InChI=1S/C13H17N3O/c1-17-13-3-2-11(4-5-14)8-12(13)9-16-7-6-15-10-16/h2-3,6-8,10H,4-5,9,14H2,1H3. The third-order valence-electron chi connectivity index (χ3n) is 2.69. The molecule has 0 fully saturated rings. The van der Waals surface area contributed by atoms with Crippen LogP contribution in [0.2, 0.25) is 0 Å². The minimum atomic E-state index is 0.664. The molecule has 0 aliphatic carbocycles. The van der Waals surface area contributed by atoms with E-state index < -0.39 is 0 Å². The van der Waals surface area contributed by atoms with Crippen molar-refractivity contribution in [3.8, 4) is 5.75 Å². The first-order valence-electron chi connectivity index (χ1n) is 5.65. The smallest absolute Gasteiger partial charge is 0.123 e. The molecule has 0 saturated heterocycles. The van der Waals surface area contributed by atoms with Gasteiger partial charge in [-0.1, -0.05) is 12.1 Å². The van der Waals surface area contributed by atoms with Crippen LogP contribution in [0.1, 0.15) is 11.1 Å². The van der Waals surface area contributed by atoms with Gasteiger partial charge in [-0.15, -0.1) is 0 Å². The molecule has 1 aromatic heterocycles. The third-order valence-corrected chi connectivity index (χ3v) is 2.69. The van der Waals surface area contributed by atoms with Crippen LogP contribution in [0.5, 0.6) is 5.75 Å². The van der Waals surface area contributed by atoms with Gasteiger partial charge in [0.05, 0.1) is 20.0 Å². The summed E-state index contributed by atoms with van der Waals surface area (Å²) in [4.78, 5) is 4.03. The highest BCUT2D eigenvalue weighted by molar-refractivity contribution is 5.37. The van der Waals surface area contributed by atoms with E-state index in [4.69, 9.17) is 10.5 Å². The summed E-state index contributed by atoms with van der Waals surface area (Å²) >= 11 is 0. The molecule has 0 spiro atoms. The van der Waals surface area contributed by atoms with E-state index in [2.05, 4.69) is 17.1 Å². The van der Waals surface area contributed by atoms with Crippen molar-refractivity contribution >= 4 is 0 Å². The van der Waals surface area contributed by atoms with E-state index >= 15 is 0 Å². The number of benzene rings is 1. The molecule has 17 heavy (non-hydrogen) atoms. The van der Waals surface area contributed by atoms with Crippen molar-refractivity contribution in [2.75, 3.05) is 13.7 Å². The molecule has 1 heterocycles. The molecule has 2 N–H and O–H groups in total. The second-order valence-electron chi connectivity index (χ2n) is 3.92. The Kier molecular flexibility index (Phi) is 3.77. The van der Waals surface area contributed by atoms with Crippen LogP contribution in [0.25, 0.3) is 0 Å². The molecular weight excluding hydrogens is 214 g/mol. The van der Waals surface area contributed by atoms with E-state index in [9.17, 15) is 0 Å². The zero-order valence-corrected chi connectivity index (χ0v) is 9.97. The normalized spacial score (nSPS) is 10.5. The van der Waals surface area contributed by atoms with E-state index in [1.54, 1.807) is 19.6 Å². The van der Waals surface area contributed by atoms with Crippen molar-refractivity contribution < 1.29 is 4.74 Å². The molecule has 0 bridgehead atoms. The van der Waals surface area contributed by atoms with Gasteiger partial charge < -0.3 is 15.0 Å². The van der Waals surface area contributed by atoms with Crippen LogP contribution in [0.4, 0.5) is 0 Å². The fourth-order valence-electron chi connectivity index (χ4n) is 1.85. The molecule has 4 heteroatoms. The average Bonchev–Trinajstić information content (AvgIpc) is 2.83. The maximum atomic E-state index is 5.57. The number of hydrogen-bond donors (Lipinski definition) is 1. The van der Waals surface area contributed by atoms with Crippen LogP contribution in [-0.2, 0) is 13.0 Å². The Balaban J connectivity index is 2.25. The highest BCUT2D eigenvalue weighted by atomic mass is 16.5. The van der Waals surface area contributed by atoms with Gasteiger partial charge in [0.2, 0.25) is 0 Å². The second kappa shape index (κ2) is 5.50. The predicted molar refractivity (Wildman–Crippen MR) is 67.1 cm³/mol. The molecule has 0 saturated carbocycles. The Morgan fingerprint density at radius 2 is 2.29 bits per heavy atom. The van der Waals surface area contributed by atoms with Gasteiger partial charge in [0.25, 0.3) is 0 Å². The maximum Gasteiger partial charge on any atom is 0.123 e. The van der Waals surface area contributed by atoms with Crippen LogP contribution in [0.15, 0.2) is 36.9 Å². The van der Waals surface area contributed by atoms with Gasteiger partial charge in [-0.25, -0.2) is 4.98 Å². The quantitative estimate of drug-likeness (QED) is 0.847. The molecular formula is C13H17N3O. The first-order chi connectivity index (χ1) is 8.33. The lowest BCUT2D eigenvalue weighted by atomic mass is 10.1. The van der Waals surface area contributed by atoms with Crippen LogP contribution in [0, 0.1) is 0 Å². The zero-order valence-electron chi connectivity index (χ0n) is 9.97. The van der Waals surface area contributed by atoms with Crippen molar-refractivity contribution in [1.82, 2.24) is 9.55 Å². The molecule has 2 aromatic rings. The van der Waals surface area contributed by atoms with Gasteiger partial charge >= 0.3 is 0 Å². The van der Waals surface area contributed by atoms with Gasteiger partial charge in [0.1, 0.15) is 5.75 Å². The Labute approximate surface area is 101 Å². The van der Waals surface area contributed by atoms with E-state index in [-0.39, 0.29) is 0 Å². The molecule has 4 nitrogen and oxygen atoms in total. The molecule has 0 amide bonds. The number of nitrogens with zero attached hydrogens (tertiary/aromatic N) is 2. The number of imidazole rings is 1. The monoisotopic (exact) mass is 231 g/mol. The summed E-state index contributed by atoms with van der Waals surface area (Å²) in [7, 11) is 1.69. The van der Waals surface area contributed by atoms with Crippen LogP contribution in [-0.4, -0.2) is 23.2 Å². The predicted octanol–water partition coefficient (Wildman–Crippen LogP) is 1.44. The summed E-state index contributed by atoms with van der Waals surface area (Å²) < 4.78 is 7.38. The fraction of sp³-hybridized carbons (Fsp3) is 0.308. The summed E-state index contributed by atoms with van der Waals surface area (Å²) in [5.41, 5.74) is 7.96. The lowest BCUT2D eigenvalue weighted by Crippen LogP contribution is -2.05. The molecule has 0 atom stereocenters. The van der Waals surface area contributed by atoms with Gasteiger partial charge in [0, 0.05) is 18.0 Å². The van der Waals surface area contributed by atoms with E-state index in [1.165, 1.54) is 5.56 Å². The van der Waals surface area contributed by atoms with E-state index in [0.717, 1.165) is 24.3 Å². The largest absolute Gasteiger partial charge is 0.496 e. The van der Waals surface area contributed by atoms with Gasteiger partial charge in [-0.05, 0) is 24.6 Å². The number of methoxy groups -OCH3 is 1. The summed E-state index contributed by atoms with van der Waals surface area (Å²) in [5.74, 6) is 0.902. The third kappa shape index (κ3) is 2.85. The first-order valence-corrected chi connectivity index (χ1v) is 5.65. The lowest BCUT2D eigenvalue weighted by molar-refractivity contribution is 0.408. The minimum Gasteiger partial charge on any atom is -0.496 e. The zero-order chi connectivity index (χ0) is 12.1. The molecule has 1 aromatic carbocycles. The van der Waals surface area contributed by atoms with Crippen molar-refractivity contribution in [3.63, 3.8) is 0 Å². The number of ether oxygens (including phenoxy) is 1. The minimum absolute atomic E-state index is 0.664. The second-order valence-corrected chi connectivity index (χ2v) is 3.92. The summed E-state index contributed by atoms with van der Waals surface area (Å²) in [5, 5.41) is 0. The molecule has 0 aliphatic rings. The fourth-order valence-corrected chi connectivity index (χ4v) is 1.85. The Bertz CT molecular complexity index is 466. The molecule has 0 unspecified atom stereocenters. The highest BCUT2D eigenvalue weighted by Gasteiger charge is 2.05. The van der Waals surface area contributed by atoms with Crippen molar-refractivity contribution in [2.45, 2.75) is 13.0 Å². The topological polar surface area (TPSA) is 53.1 Å². The van der Waals surface area contributed by atoms with E-state index in [0.29, 0.717) is 6.54 Å². The molecule has 0 radical (unpaired) electrons. The summed E-state index contributed by atoms with van der Waals surface area (Å²) in [6, 6.07) is 6.20. The van der Waals surface area contributed by atoms with Crippen LogP contribution < -0.4 is 10.5 Å². The number of hydrogen-bond acceptors (Lipinski definition) is 3. The molecule has 90 valence electrons.